The lowest BCUT2D eigenvalue weighted by molar-refractivity contribution is -0.0317. The lowest BCUT2D eigenvalue weighted by atomic mass is 10.1. The second-order valence-corrected chi connectivity index (χ2v) is 5.20. The van der Waals surface area contributed by atoms with E-state index in [9.17, 15) is 0 Å². The zero-order valence-corrected chi connectivity index (χ0v) is 12.8. The van der Waals surface area contributed by atoms with Gasteiger partial charge >= 0.3 is 0 Å². The van der Waals surface area contributed by atoms with Crippen LogP contribution >= 0.6 is 0 Å². The van der Waals surface area contributed by atoms with Gasteiger partial charge in [-0.2, -0.15) is 0 Å². The van der Waals surface area contributed by atoms with E-state index in [-0.39, 0.29) is 12.2 Å². The van der Waals surface area contributed by atoms with Crippen LogP contribution in [0.2, 0.25) is 0 Å². The molecule has 0 unspecified atom stereocenters. The van der Waals surface area contributed by atoms with Gasteiger partial charge in [0.25, 0.3) is 0 Å². The van der Waals surface area contributed by atoms with Crippen molar-refractivity contribution in [3.63, 3.8) is 0 Å². The number of aliphatic hydroxyl groups excluding tert-OH is 1. The highest BCUT2D eigenvalue weighted by atomic mass is 16.5. The van der Waals surface area contributed by atoms with Gasteiger partial charge in [-0.1, -0.05) is 18.8 Å². The van der Waals surface area contributed by atoms with Crippen molar-refractivity contribution in [1.29, 1.82) is 0 Å². The molecule has 1 N–H and O–H groups in total. The Kier molecular flexibility index (Phi) is 6.57. The Morgan fingerprint density at radius 2 is 2.05 bits per heavy atom. The molecule has 0 heterocycles. The van der Waals surface area contributed by atoms with Gasteiger partial charge in [0.05, 0.1) is 25.9 Å². The number of aliphatic hydroxyl groups is 1. The third-order valence-electron chi connectivity index (χ3n) is 3.24. The van der Waals surface area contributed by atoms with Crippen LogP contribution in [0.5, 0.6) is 5.75 Å². The van der Waals surface area contributed by atoms with Crippen LogP contribution in [0, 0.1) is 11.8 Å². The molecule has 1 aromatic rings. The zero-order valence-electron chi connectivity index (χ0n) is 12.8. The monoisotopic (exact) mass is 276 g/mol. The SMILES string of the molecule is CCC(C)(C)OCc1cc(OC)ccc1C#CCCO. The molecule has 1 rings (SSSR count). The summed E-state index contributed by atoms with van der Waals surface area (Å²) < 4.78 is 11.2. The Labute approximate surface area is 121 Å². The number of hydrogen-bond donors (Lipinski definition) is 1. The van der Waals surface area contributed by atoms with Crippen LogP contribution in [-0.4, -0.2) is 24.4 Å². The number of benzene rings is 1. The molecule has 0 radical (unpaired) electrons. The highest BCUT2D eigenvalue weighted by molar-refractivity contribution is 5.45. The molecule has 0 atom stereocenters. The zero-order chi connectivity index (χ0) is 15.0. The number of rotatable bonds is 6. The summed E-state index contributed by atoms with van der Waals surface area (Å²) >= 11 is 0. The summed E-state index contributed by atoms with van der Waals surface area (Å²) in [7, 11) is 1.65. The van der Waals surface area contributed by atoms with E-state index in [2.05, 4.69) is 32.6 Å². The van der Waals surface area contributed by atoms with Crippen molar-refractivity contribution in [1.82, 2.24) is 0 Å². The van der Waals surface area contributed by atoms with Gasteiger partial charge in [0, 0.05) is 12.0 Å². The van der Waals surface area contributed by atoms with Crippen molar-refractivity contribution in [2.24, 2.45) is 0 Å². The van der Waals surface area contributed by atoms with Gasteiger partial charge < -0.3 is 14.6 Å². The van der Waals surface area contributed by atoms with Crippen molar-refractivity contribution < 1.29 is 14.6 Å². The molecule has 0 aliphatic rings. The Balaban J connectivity index is 2.92. The highest BCUT2D eigenvalue weighted by Gasteiger charge is 2.16. The molecular weight excluding hydrogens is 252 g/mol. The fourth-order valence-corrected chi connectivity index (χ4v) is 1.53. The summed E-state index contributed by atoms with van der Waals surface area (Å²) in [6.07, 6.45) is 1.43. The van der Waals surface area contributed by atoms with Crippen LogP contribution in [0.3, 0.4) is 0 Å². The number of hydrogen-bond acceptors (Lipinski definition) is 3. The molecule has 1 aromatic carbocycles. The van der Waals surface area contributed by atoms with Gasteiger partial charge in [0.2, 0.25) is 0 Å². The summed E-state index contributed by atoms with van der Waals surface area (Å²) in [5.41, 5.74) is 1.78. The quantitative estimate of drug-likeness (QED) is 0.811. The maximum Gasteiger partial charge on any atom is 0.119 e. The molecule has 0 amide bonds. The summed E-state index contributed by atoms with van der Waals surface area (Å²) in [5, 5.41) is 8.79. The first-order chi connectivity index (χ1) is 9.52. The maximum atomic E-state index is 8.79. The van der Waals surface area contributed by atoms with Crippen LogP contribution in [0.4, 0.5) is 0 Å². The number of methoxy groups -OCH3 is 1. The summed E-state index contributed by atoms with van der Waals surface area (Å²) in [6, 6.07) is 5.77. The molecule has 0 aromatic heterocycles. The van der Waals surface area contributed by atoms with Gasteiger partial charge in [-0.05, 0) is 44.0 Å². The van der Waals surface area contributed by atoms with E-state index in [1.54, 1.807) is 7.11 Å². The topological polar surface area (TPSA) is 38.7 Å². The first-order valence-electron chi connectivity index (χ1n) is 6.93. The molecule has 20 heavy (non-hydrogen) atoms. The molecule has 3 heteroatoms. The lowest BCUT2D eigenvalue weighted by Gasteiger charge is -2.24. The second-order valence-electron chi connectivity index (χ2n) is 5.20. The molecule has 0 spiro atoms. The molecule has 0 saturated carbocycles. The van der Waals surface area contributed by atoms with Crippen molar-refractivity contribution >= 4 is 0 Å². The van der Waals surface area contributed by atoms with E-state index in [1.165, 1.54) is 0 Å². The van der Waals surface area contributed by atoms with E-state index < -0.39 is 0 Å². The normalized spacial score (nSPS) is 10.8. The third kappa shape index (κ3) is 5.24. The minimum absolute atomic E-state index is 0.0812. The Hall–Kier alpha value is -1.50. The molecule has 0 saturated heterocycles. The van der Waals surface area contributed by atoms with Gasteiger partial charge in [-0.15, -0.1) is 0 Å². The average molecular weight is 276 g/mol. The largest absolute Gasteiger partial charge is 0.497 e. The molecular formula is C17H24O3. The highest BCUT2D eigenvalue weighted by Crippen LogP contribution is 2.22. The molecule has 0 bridgehead atoms. The Bertz CT molecular complexity index is 481. The van der Waals surface area contributed by atoms with E-state index in [0.717, 1.165) is 23.3 Å². The summed E-state index contributed by atoms with van der Waals surface area (Å²) in [6.45, 7) is 6.83. The lowest BCUT2D eigenvalue weighted by Crippen LogP contribution is -2.22. The molecule has 0 aliphatic heterocycles. The third-order valence-corrected chi connectivity index (χ3v) is 3.24. The van der Waals surface area contributed by atoms with Crippen molar-refractivity contribution in [2.75, 3.05) is 13.7 Å². The minimum atomic E-state index is -0.154. The fraction of sp³-hybridized carbons (Fsp3) is 0.529. The van der Waals surface area contributed by atoms with Gasteiger partial charge in [0.15, 0.2) is 0 Å². The van der Waals surface area contributed by atoms with Crippen LogP contribution in [0.15, 0.2) is 18.2 Å². The molecule has 0 aliphatic carbocycles. The fourth-order valence-electron chi connectivity index (χ4n) is 1.53. The van der Waals surface area contributed by atoms with Gasteiger partial charge in [0.1, 0.15) is 5.75 Å². The van der Waals surface area contributed by atoms with Crippen molar-refractivity contribution in [2.45, 2.75) is 45.8 Å². The molecule has 0 fully saturated rings. The first-order valence-corrected chi connectivity index (χ1v) is 6.93. The van der Waals surface area contributed by atoms with Gasteiger partial charge in [-0.3, -0.25) is 0 Å². The average Bonchev–Trinajstić information content (AvgIpc) is 2.46. The predicted octanol–water partition coefficient (Wildman–Crippen LogP) is 3.13. The Morgan fingerprint density at radius 3 is 2.65 bits per heavy atom. The van der Waals surface area contributed by atoms with E-state index in [4.69, 9.17) is 14.6 Å². The van der Waals surface area contributed by atoms with E-state index in [1.807, 2.05) is 18.2 Å². The van der Waals surface area contributed by atoms with Crippen LogP contribution in [-0.2, 0) is 11.3 Å². The second kappa shape index (κ2) is 7.94. The van der Waals surface area contributed by atoms with E-state index >= 15 is 0 Å². The Morgan fingerprint density at radius 1 is 1.30 bits per heavy atom. The van der Waals surface area contributed by atoms with E-state index in [0.29, 0.717) is 13.0 Å². The maximum absolute atomic E-state index is 8.79. The smallest absolute Gasteiger partial charge is 0.119 e. The standard InChI is InChI=1S/C17H24O3/c1-5-17(2,3)20-13-15-12-16(19-4)10-9-14(15)8-6-7-11-18/h9-10,12,18H,5,7,11,13H2,1-4H3. The van der Waals surface area contributed by atoms with Crippen molar-refractivity contribution in [3.8, 4) is 17.6 Å². The van der Waals surface area contributed by atoms with Crippen LogP contribution in [0.25, 0.3) is 0 Å². The van der Waals surface area contributed by atoms with Gasteiger partial charge in [-0.25, -0.2) is 0 Å². The van der Waals surface area contributed by atoms with Crippen LogP contribution < -0.4 is 4.74 Å². The van der Waals surface area contributed by atoms with Crippen LogP contribution in [0.1, 0.15) is 44.7 Å². The summed E-state index contributed by atoms with van der Waals surface area (Å²) in [5.74, 6) is 6.82. The molecule has 3 nitrogen and oxygen atoms in total. The molecule has 110 valence electrons. The minimum Gasteiger partial charge on any atom is -0.497 e. The summed E-state index contributed by atoms with van der Waals surface area (Å²) in [4.78, 5) is 0. The van der Waals surface area contributed by atoms with Crippen molar-refractivity contribution in [3.05, 3.63) is 29.3 Å². The number of ether oxygens (including phenoxy) is 2. The first kappa shape index (κ1) is 16.6. The predicted molar refractivity (Wildman–Crippen MR) is 80.7 cm³/mol.